The van der Waals surface area contributed by atoms with Crippen LogP contribution in [0.3, 0.4) is 0 Å². The van der Waals surface area contributed by atoms with Crippen LogP contribution in [0.2, 0.25) is 0 Å². The van der Waals surface area contributed by atoms with E-state index in [1.165, 1.54) is 19.3 Å². The molecule has 1 saturated carbocycles. The van der Waals surface area contributed by atoms with Crippen LogP contribution in [0.4, 0.5) is 0 Å². The van der Waals surface area contributed by atoms with Crippen molar-refractivity contribution in [3.05, 3.63) is 0 Å². The normalized spacial score (nSPS) is 22.2. The van der Waals surface area contributed by atoms with Gasteiger partial charge in [-0.2, -0.15) is 0 Å². The van der Waals surface area contributed by atoms with Gasteiger partial charge in [-0.05, 0) is 31.7 Å². The van der Waals surface area contributed by atoms with Gasteiger partial charge in [-0.15, -0.1) is 0 Å². The van der Waals surface area contributed by atoms with E-state index < -0.39 is 0 Å². The summed E-state index contributed by atoms with van der Waals surface area (Å²) in [6, 6.07) is 0.562. The molecular weight excluding hydrogens is 150 g/mol. The molecule has 0 amide bonds. The van der Waals surface area contributed by atoms with E-state index in [1.54, 1.807) is 0 Å². The lowest BCUT2D eigenvalue weighted by atomic mass is 10.0. The molecule has 1 fully saturated rings. The first kappa shape index (κ1) is 10.0. The molecule has 0 bridgehead atoms. The lowest BCUT2D eigenvalue weighted by Crippen LogP contribution is -2.41. The van der Waals surface area contributed by atoms with Crippen LogP contribution in [0.1, 0.15) is 33.1 Å². The average molecular weight is 171 g/mol. The molecule has 0 spiro atoms. The highest BCUT2D eigenvalue weighted by Crippen LogP contribution is 2.36. The molecule has 0 heterocycles. The molecule has 72 valence electrons. The molecular formula is C10H21NO. The number of methoxy groups -OCH3 is 1. The lowest BCUT2D eigenvalue weighted by molar-refractivity contribution is 0.0504. The Kier molecular flexibility index (Phi) is 4.02. The Morgan fingerprint density at radius 2 is 2.08 bits per heavy atom. The third-order valence-electron chi connectivity index (χ3n) is 2.66. The highest BCUT2D eigenvalue weighted by molar-refractivity contribution is 4.89. The Hall–Kier alpha value is -0.0800. The molecule has 0 aromatic carbocycles. The second-order valence-electron chi connectivity index (χ2n) is 3.61. The Morgan fingerprint density at radius 3 is 2.42 bits per heavy atom. The van der Waals surface area contributed by atoms with E-state index in [2.05, 4.69) is 19.2 Å². The highest BCUT2D eigenvalue weighted by atomic mass is 16.5. The van der Waals surface area contributed by atoms with E-state index in [1.807, 2.05) is 7.11 Å². The van der Waals surface area contributed by atoms with Crippen molar-refractivity contribution >= 4 is 0 Å². The standard InChI is InChI=1S/C10H21NO/c1-4-9(11-5-2)10(12-3)8-6-7-8/h8-11H,4-7H2,1-3H3. The van der Waals surface area contributed by atoms with Gasteiger partial charge in [0.15, 0.2) is 0 Å². The zero-order valence-electron chi connectivity index (χ0n) is 8.47. The summed E-state index contributed by atoms with van der Waals surface area (Å²) in [6.45, 7) is 5.43. The van der Waals surface area contributed by atoms with Crippen molar-refractivity contribution in [3.63, 3.8) is 0 Å². The van der Waals surface area contributed by atoms with Crippen LogP contribution in [-0.2, 0) is 4.74 Å². The van der Waals surface area contributed by atoms with Gasteiger partial charge in [0.2, 0.25) is 0 Å². The maximum atomic E-state index is 5.52. The van der Waals surface area contributed by atoms with Crippen molar-refractivity contribution < 1.29 is 4.74 Å². The Labute approximate surface area is 75.7 Å². The van der Waals surface area contributed by atoms with Crippen LogP contribution < -0.4 is 5.32 Å². The first-order valence-corrected chi connectivity index (χ1v) is 5.09. The monoisotopic (exact) mass is 171 g/mol. The molecule has 1 aliphatic carbocycles. The molecule has 0 aromatic rings. The molecule has 1 N–H and O–H groups in total. The molecule has 2 nitrogen and oxygen atoms in total. The van der Waals surface area contributed by atoms with Crippen LogP contribution in [-0.4, -0.2) is 25.8 Å². The molecule has 12 heavy (non-hydrogen) atoms. The maximum absolute atomic E-state index is 5.52. The zero-order chi connectivity index (χ0) is 8.97. The number of hydrogen-bond acceptors (Lipinski definition) is 2. The van der Waals surface area contributed by atoms with Crippen LogP contribution in [0, 0.1) is 5.92 Å². The van der Waals surface area contributed by atoms with Crippen molar-refractivity contribution in [1.82, 2.24) is 5.32 Å². The second-order valence-corrected chi connectivity index (χ2v) is 3.61. The average Bonchev–Trinajstić information content (AvgIpc) is 2.88. The summed E-state index contributed by atoms with van der Waals surface area (Å²) in [4.78, 5) is 0. The van der Waals surface area contributed by atoms with E-state index >= 15 is 0 Å². The molecule has 2 unspecified atom stereocenters. The van der Waals surface area contributed by atoms with Crippen molar-refractivity contribution in [2.75, 3.05) is 13.7 Å². The fraction of sp³-hybridized carbons (Fsp3) is 1.00. The fourth-order valence-electron chi connectivity index (χ4n) is 1.86. The van der Waals surface area contributed by atoms with E-state index in [-0.39, 0.29) is 0 Å². The predicted octanol–water partition coefficient (Wildman–Crippen LogP) is 1.80. The Morgan fingerprint density at radius 1 is 1.42 bits per heavy atom. The fourth-order valence-corrected chi connectivity index (χ4v) is 1.86. The number of hydrogen-bond donors (Lipinski definition) is 1. The third kappa shape index (κ3) is 2.46. The van der Waals surface area contributed by atoms with Gasteiger partial charge in [0.05, 0.1) is 6.10 Å². The van der Waals surface area contributed by atoms with Gasteiger partial charge < -0.3 is 10.1 Å². The van der Waals surface area contributed by atoms with Crippen LogP contribution in [0.15, 0.2) is 0 Å². The third-order valence-corrected chi connectivity index (χ3v) is 2.66. The molecule has 2 heteroatoms. The molecule has 1 aliphatic rings. The molecule has 0 aromatic heterocycles. The SMILES string of the molecule is CCNC(CC)C(OC)C1CC1. The topological polar surface area (TPSA) is 21.3 Å². The molecule has 2 atom stereocenters. The summed E-state index contributed by atoms with van der Waals surface area (Å²) in [7, 11) is 1.84. The first-order valence-electron chi connectivity index (χ1n) is 5.09. The summed E-state index contributed by atoms with van der Waals surface area (Å²) in [5, 5.41) is 3.48. The van der Waals surface area contributed by atoms with Crippen LogP contribution in [0.5, 0.6) is 0 Å². The summed E-state index contributed by atoms with van der Waals surface area (Å²) in [6.07, 6.45) is 4.35. The van der Waals surface area contributed by atoms with Gasteiger partial charge in [0.25, 0.3) is 0 Å². The second kappa shape index (κ2) is 4.83. The van der Waals surface area contributed by atoms with Gasteiger partial charge in [-0.3, -0.25) is 0 Å². The minimum atomic E-state index is 0.454. The molecule has 0 radical (unpaired) electrons. The smallest absolute Gasteiger partial charge is 0.0752 e. The van der Waals surface area contributed by atoms with Gasteiger partial charge in [0, 0.05) is 13.2 Å². The van der Waals surface area contributed by atoms with Crippen molar-refractivity contribution in [2.24, 2.45) is 5.92 Å². The van der Waals surface area contributed by atoms with Gasteiger partial charge in [-0.1, -0.05) is 13.8 Å². The van der Waals surface area contributed by atoms with Crippen LogP contribution in [0.25, 0.3) is 0 Å². The maximum Gasteiger partial charge on any atom is 0.0752 e. The highest BCUT2D eigenvalue weighted by Gasteiger charge is 2.35. The van der Waals surface area contributed by atoms with Crippen molar-refractivity contribution in [3.8, 4) is 0 Å². The van der Waals surface area contributed by atoms with Gasteiger partial charge in [0.1, 0.15) is 0 Å². The van der Waals surface area contributed by atoms with Crippen LogP contribution >= 0.6 is 0 Å². The van der Waals surface area contributed by atoms with Crippen molar-refractivity contribution in [1.29, 1.82) is 0 Å². The van der Waals surface area contributed by atoms with E-state index in [4.69, 9.17) is 4.74 Å². The molecule has 0 saturated heterocycles. The Bertz CT molecular complexity index is 123. The Balaban J connectivity index is 2.36. The zero-order valence-corrected chi connectivity index (χ0v) is 8.47. The number of likely N-dealkylation sites (N-methyl/N-ethyl adjacent to an activating group) is 1. The molecule has 0 aliphatic heterocycles. The summed E-state index contributed by atoms with van der Waals surface area (Å²) in [5.41, 5.74) is 0. The van der Waals surface area contributed by atoms with Crippen molar-refractivity contribution in [2.45, 2.75) is 45.3 Å². The number of ether oxygens (including phenoxy) is 1. The quantitative estimate of drug-likeness (QED) is 0.658. The number of rotatable bonds is 6. The summed E-state index contributed by atoms with van der Waals surface area (Å²) in [5.74, 6) is 0.832. The molecule has 1 rings (SSSR count). The van der Waals surface area contributed by atoms with Gasteiger partial charge in [-0.25, -0.2) is 0 Å². The largest absolute Gasteiger partial charge is 0.380 e. The van der Waals surface area contributed by atoms with Gasteiger partial charge >= 0.3 is 0 Å². The predicted molar refractivity (Wildman–Crippen MR) is 51.3 cm³/mol. The van der Waals surface area contributed by atoms with E-state index in [0.29, 0.717) is 12.1 Å². The van der Waals surface area contributed by atoms with E-state index in [9.17, 15) is 0 Å². The minimum absolute atomic E-state index is 0.454. The first-order chi connectivity index (χ1) is 5.83. The minimum Gasteiger partial charge on any atom is -0.380 e. The lowest BCUT2D eigenvalue weighted by Gasteiger charge is -2.25. The summed E-state index contributed by atoms with van der Waals surface area (Å²) >= 11 is 0. The summed E-state index contributed by atoms with van der Waals surface area (Å²) < 4.78 is 5.52. The number of nitrogens with one attached hydrogen (secondary N) is 1. The van der Waals surface area contributed by atoms with E-state index in [0.717, 1.165) is 12.5 Å².